The lowest BCUT2D eigenvalue weighted by Gasteiger charge is -2.23. The average molecular weight is 313 g/mol. The number of nitrogens with zero attached hydrogens (tertiary/aromatic N) is 1. The molecule has 1 aromatic rings. The lowest BCUT2D eigenvalue weighted by Crippen LogP contribution is -2.18. The molecule has 0 spiro atoms. The molecule has 1 aromatic heterocycles. The zero-order chi connectivity index (χ0) is 13.6. The van der Waals surface area contributed by atoms with E-state index in [0.717, 1.165) is 22.9 Å². The van der Waals surface area contributed by atoms with Crippen molar-refractivity contribution >= 4 is 21.7 Å². The van der Waals surface area contributed by atoms with Crippen LogP contribution in [0, 0.1) is 5.41 Å². The molecule has 0 aliphatic rings. The molecule has 2 N–H and O–H groups in total. The van der Waals surface area contributed by atoms with E-state index in [0.29, 0.717) is 19.4 Å². The van der Waals surface area contributed by atoms with Gasteiger partial charge < -0.3 is 5.73 Å². The van der Waals surface area contributed by atoms with Crippen LogP contribution in [0.4, 0.5) is 0 Å². The fraction of sp³-hybridized carbons (Fsp3) is 0.571. The van der Waals surface area contributed by atoms with E-state index in [-0.39, 0.29) is 11.2 Å². The summed E-state index contributed by atoms with van der Waals surface area (Å²) < 4.78 is 0.913. The highest BCUT2D eigenvalue weighted by atomic mass is 79.9. The van der Waals surface area contributed by atoms with Crippen LogP contribution in [0.15, 0.2) is 22.9 Å². The number of ketones is 1. The first-order valence-corrected chi connectivity index (χ1v) is 7.03. The molecule has 0 radical (unpaired) electrons. The number of hydrogen-bond acceptors (Lipinski definition) is 3. The van der Waals surface area contributed by atoms with Gasteiger partial charge in [-0.15, -0.1) is 0 Å². The molecule has 0 unspecified atom stereocenters. The molecule has 0 saturated heterocycles. The molecule has 18 heavy (non-hydrogen) atoms. The molecule has 0 aromatic carbocycles. The van der Waals surface area contributed by atoms with E-state index in [1.54, 1.807) is 12.4 Å². The van der Waals surface area contributed by atoms with E-state index in [9.17, 15) is 4.79 Å². The Morgan fingerprint density at radius 3 is 2.72 bits per heavy atom. The Balaban J connectivity index is 2.43. The van der Waals surface area contributed by atoms with Crippen molar-refractivity contribution in [3.63, 3.8) is 0 Å². The van der Waals surface area contributed by atoms with Crippen LogP contribution < -0.4 is 5.73 Å². The number of nitrogens with two attached hydrogens (primary N) is 1. The molecular weight excluding hydrogens is 292 g/mol. The van der Waals surface area contributed by atoms with Crippen LogP contribution >= 0.6 is 15.9 Å². The summed E-state index contributed by atoms with van der Waals surface area (Å²) in [4.78, 5) is 16.0. The van der Waals surface area contributed by atoms with Crippen LogP contribution in [0.25, 0.3) is 0 Å². The molecule has 1 heterocycles. The Kier molecular flexibility index (Phi) is 5.96. The SMILES string of the molecule is CC(C)(CCN)CCC(=O)Cc1cncc(Br)c1. The quantitative estimate of drug-likeness (QED) is 0.841. The second kappa shape index (κ2) is 7.00. The molecule has 1 rings (SSSR count). The maximum absolute atomic E-state index is 11.9. The number of halogens is 1. The first-order chi connectivity index (χ1) is 8.43. The topological polar surface area (TPSA) is 56.0 Å². The third-order valence-electron chi connectivity index (χ3n) is 3.06. The number of hydrogen-bond donors (Lipinski definition) is 1. The molecule has 3 nitrogen and oxygen atoms in total. The lowest BCUT2D eigenvalue weighted by molar-refractivity contribution is -0.119. The average Bonchev–Trinajstić information content (AvgIpc) is 2.26. The molecule has 0 saturated carbocycles. The first kappa shape index (κ1) is 15.3. The summed E-state index contributed by atoms with van der Waals surface area (Å²) in [5.41, 5.74) is 6.68. The van der Waals surface area contributed by atoms with Crippen molar-refractivity contribution in [1.29, 1.82) is 0 Å². The smallest absolute Gasteiger partial charge is 0.137 e. The predicted octanol–water partition coefficient (Wildman–Crippen LogP) is 3.11. The summed E-state index contributed by atoms with van der Waals surface area (Å²) in [6.45, 7) is 5.00. The van der Waals surface area contributed by atoms with E-state index >= 15 is 0 Å². The van der Waals surface area contributed by atoms with E-state index in [1.165, 1.54) is 0 Å². The van der Waals surface area contributed by atoms with Gasteiger partial charge in [0.05, 0.1) is 0 Å². The van der Waals surface area contributed by atoms with Gasteiger partial charge in [0, 0.05) is 29.7 Å². The third-order valence-corrected chi connectivity index (χ3v) is 3.50. The summed E-state index contributed by atoms with van der Waals surface area (Å²) >= 11 is 3.36. The van der Waals surface area contributed by atoms with Crippen LogP contribution in [0.2, 0.25) is 0 Å². The standard InChI is InChI=1S/C14H21BrN2O/c1-14(2,5-6-16)4-3-13(18)8-11-7-12(15)10-17-9-11/h7,9-10H,3-6,8,16H2,1-2H3. The molecule has 100 valence electrons. The lowest BCUT2D eigenvalue weighted by atomic mass is 9.83. The van der Waals surface area contributed by atoms with Gasteiger partial charge in [-0.1, -0.05) is 13.8 Å². The second-order valence-corrected chi connectivity index (χ2v) is 6.35. The van der Waals surface area contributed by atoms with Crippen LogP contribution in [-0.4, -0.2) is 17.3 Å². The molecule has 0 atom stereocenters. The second-order valence-electron chi connectivity index (χ2n) is 5.43. The molecule has 4 heteroatoms. The Hall–Kier alpha value is -0.740. The van der Waals surface area contributed by atoms with Crippen molar-refractivity contribution in [2.24, 2.45) is 11.1 Å². The van der Waals surface area contributed by atoms with Crippen molar-refractivity contribution in [1.82, 2.24) is 4.98 Å². The van der Waals surface area contributed by atoms with Gasteiger partial charge in [-0.3, -0.25) is 9.78 Å². The Bertz CT molecular complexity index is 405. The number of aromatic nitrogens is 1. The summed E-state index contributed by atoms with van der Waals surface area (Å²) in [6, 6.07) is 1.94. The van der Waals surface area contributed by atoms with Gasteiger partial charge in [-0.25, -0.2) is 0 Å². The van der Waals surface area contributed by atoms with Gasteiger partial charge in [0.25, 0.3) is 0 Å². The van der Waals surface area contributed by atoms with Crippen LogP contribution in [0.3, 0.4) is 0 Å². The zero-order valence-electron chi connectivity index (χ0n) is 11.1. The van der Waals surface area contributed by atoms with E-state index < -0.39 is 0 Å². The summed E-state index contributed by atoms with van der Waals surface area (Å²) in [5, 5.41) is 0. The highest BCUT2D eigenvalue weighted by Gasteiger charge is 2.18. The highest BCUT2D eigenvalue weighted by Crippen LogP contribution is 2.26. The van der Waals surface area contributed by atoms with Crippen molar-refractivity contribution in [2.75, 3.05) is 6.54 Å². The van der Waals surface area contributed by atoms with E-state index in [2.05, 4.69) is 34.8 Å². The normalized spacial score (nSPS) is 11.6. The summed E-state index contributed by atoms with van der Waals surface area (Å²) in [5.74, 6) is 0.264. The third kappa shape index (κ3) is 5.74. The van der Waals surface area contributed by atoms with Gasteiger partial charge >= 0.3 is 0 Å². The number of carbonyl (C=O) groups is 1. The number of carbonyl (C=O) groups excluding carboxylic acids is 1. The van der Waals surface area contributed by atoms with E-state index in [4.69, 9.17) is 5.73 Å². The molecule has 0 amide bonds. The van der Waals surface area contributed by atoms with E-state index in [1.807, 2.05) is 6.07 Å². The minimum atomic E-state index is 0.153. The van der Waals surface area contributed by atoms with Crippen molar-refractivity contribution < 1.29 is 4.79 Å². The molecule has 0 aliphatic carbocycles. The first-order valence-electron chi connectivity index (χ1n) is 6.24. The minimum Gasteiger partial charge on any atom is -0.330 e. The molecule has 0 fully saturated rings. The maximum atomic E-state index is 11.9. The van der Waals surface area contributed by atoms with Gasteiger partial charge in [-0.05, 0) is 52.4 Å². The fourth-order valence-electron chi connectivity index (χ4n) is 1.86. The van der Waals surface area contributed by atoms with Gasteiger partial charge in [-0.2, -0.15) is 0 Å². The number of rotatable bonds is 7. The fourth-order valence-corrected chi connectivity index (χ4v) is 2.27. The highest BCUT2D eigenvalue weighted by molar-refractivity contribution is 9.10. The Morgan fingerprint density at radius 2 is 2.11 bits per heavy atom. The Labute approximate surface area is 117 Å². The molecular formula is C14H21BrN2O. The Morgan fingerprint density at radius 1 is 1.39 bits per heavy atom. The minimum absolute atomic E-state index is 0.153. The summed E-state index contributed by atoms with van der Waals surface area (Å²) in [6.07, 6.45) is 6.39. The maximum Gasteiger partial charge on any atom is 0.137 e. The number of Topliss-reactive ketones (excluding diaryl/α,β-unsaturated/α-hetero) is 1. The van der Waals surface area contributed by atoms with Crippen molar-refractivity contribution in [3.05, 3.63) is 28.5 Å². The van der Waals surface area contributed by atoms with Crippen molar-refractivity contribution in [3.8, 4) is 0 Å². The van der Waals surface area contributed by atoms with Crippen LogP contribution in [0.1, 0.15) is 38.7 Å². The molecule has 0 bridgehead atoms. The van der Waals surface area contributed by atoms with Gasteiger partial charge in [0.2, 0.25) is 0 Å². The summed E-state index contributed by atoms with van der Waals surface area (Å²) in [7, 11) is 0. The van der Waals surface area contributed by atoms with Crippen LogP contribution in [-0.2, 0) is 11.2 Å². The van der Waals surface area contributed by atoms with Crippen molar-refractivity contribution in [2.45, 2.75) is 39.5 Å². The number of pyridine rings is 1. The van der Waals surface area contributed by atoms with Gasteiger partial charge in [0.1, 0.15) is 5.78 Å². The predicted molar refractivity (Wildman–Crippen MR) is 77.3 cm³/mol. The van der Waals surface area contributed by atoms with Gasteiger partial charge in [0.15, 0.2) is 0 Å². The zero-order valence-corrected chi connectivity index (χ0v) is 12.7. The monoisotopic (exact) mass is 312 g/mol. The molecule has 0 aliphatic heterocycles. The van der Waals surface area contributed by atoms with Crippen LogP contribution in [0.5, 0.6) is 0 Å². The largest absolute Gasteiger partial charge is 0.330 e.